The molecule has 1 fully saturated rings. The number of carbonyl (C=O) groups excluding carboxylic acids is 1. The van der Waals surface area contributed by atoms with E-state index in [0.29, 0.717) is 10.6 Å². The zero-order valence-corrected chi connectivity index (χ0v) is 13.9. The molecule has 1 aliphatic carbocycles. The Balaban J connectivity index is 0.00000180. The molecule has 19 heavy (non-hydrogen) atoms. The molecule has 2 rings (SSSR count). The van der Waals surface area contributed by atoms with Gasteiger partial charge in [0.25, 0.3) is 5.91 Å². The van der Waals surface area contributed by atoms with E-state index in [1.807, 2.05) is 0 Å². The molecule has 3 N–H and O–H groups in total. The van der Waals surface area contributed by atoms with E-state index in [-0.39, 0.29) is 30.4 Å². The number of hydrogen-bond acceptors (Lipinski definition) is 4. The topological polar surface area (TPSA) is 64.3 Å². The number of methoxy groups -OCH3 is 1. The fourth-order valence-corrected chi connectivity index (χ4v) is 3.77. The Morgan fingerprint density at radius 3 is 2.89 bits per heavy atom. The van der Waals surface area contributed by atoms with Crippen LogP contribution in [-0.4, -0.2) is 25.1 Å². The maximum atomic E-state index is 12.1. The van der Waals surface area contributed by atoms with E-state index in [2.05, 4.69) is 21.2 Å². The highest BCUT2D eigenvalue weighted by atomic mass is 79.9. The summed E-state index contributed by atoms with van der Waals surface area (Å²) in [7, 11) is 1.59. The Bertz CT molecular complexity index is 441. The lowest BCUT2D eigenvalue weighted by molar-refractivity contribution is 0.0929. The van der Waals surface area contributed by atoms with Crippen molar-refractivity contribution in [2.75, 3.05) is 7.11 Å². The van der Waals surface area contributed by atoms with Crippen LogP contribution in [0, 0.1) is 0 Å². The average molecular weight is 370 g/mol. The number of thiophene rings is 1. The molecule has 4 nitrogen and oxygen atoms in total. The number of nitrogens with one attached hydrogen (secondary N) is 1. The Kier molecular flexibility index (Phi) is 6.59. The summed E-state index contributed by atoms with van der Waals surface area (Å²) in [6.45, 7) is 0. The Hall–Kier alpha value is -0.300. The third-order valence-electron chi connectivity index (χ3n) is 3.15. The molecule has 2 atom stereocenters. The minimum absolute atomic E-state index is 0. The van der Waals surface area contributed by atoms with Crippen molar-refractivity contribution in [3.63, 3.8) is 0 Å². The van der Waals surface area contributed by atoms with Crippen molar-refractivity contribution in [1.29, 1.82) is 0 Å². The van der Waals surface area contributed by atoms with Crippen LogP contribution in [0.25, 0.3) is 0 Å². The van der Waals surface area contributed by atoms with E-state index in [1.54, 1.807) is 13.2 Å². The van der Waals surface area contributed by atoms with Gasteiger partial charge in [0, 0.05) is 18.2 Å². The van der Waals surface area contributed by atoms with Gasteiger partial charge >= 0.3 is 0 Å². The van der Waals surface area contributed by atoms with Crippen LogP contribution in [0.1, 0.15) is 35.4 Å². The summed E-state index contributed by atoms with van der Waals surface area (Å²) in [5, 5.41) is 3.05. The molecular formula is C12H18BrClN2O2S. The molecule has 1 amide bonds. The molecule has 1 aliphatic rings. The molecule has 7 heteroatoms. The summed E-state index contributed by atoms with van der Waals surface area (Å²) in [4.78, 5) is 12.7. The smallest absolute Gasteiger partial charge is 0.261 e. The zero-order valence-electron chi connectivity index (χ0n) is 10.6. The van der Waals surface area contributed by atoms with Crippen LogP contribution in [-0.2, 0) is 0 Å². The van der Waals surface area contributed by atoms with Crippen molar-refractivity contribution < 1.29 is 9.53 Å². The zero-order chi connectivity index (χ0) is 13.1. The third-order valence-corrected chi connectivity index (χ3v) is 4.93. The van der Waals surface area contributed by atoms with E-state index < -0.39 is 0 Å². The van der Waals surface area contributed by atoms with Crippen LogP contribution in [0.4, 0.5) is 0 Å². The van der Waals surface area contributed by atoms with E-state index in [0.717, 1.165) is 29.5 Å². The largest absolute Gasteiger partial charge is 0.495 e. The van der Waals surface area contributed by atoms with E-state index >= 15 is 0 Å². The normalized spacial score (nSPS) is 22.5. The summed E-state index contributed by atoms with van der Waals surface area (Å²) in [5.74, 6) is 0.661. The first-order valence-electron chi connectivity index (χ1n) is 6.00. The highest BCUT2D eigenvalue weighted by molar-refractivity contribution is 9.11. The molecule has 1 heterocycles. The molecular weight excluding hydrogens is 352 g/mol. The van der Waals surface area contributed by atoms with Gasteiger partial charge in [-0.15, -0.1) is 23.7 Å². The van der Waals surface area contributed by atoms with Crippen LogP contribution in [0.3, 0.4) is 0 Å². The predicted molar refractivity (Wildman–Crippen MR) is 83.5 cm³/mol. The Morgan fingerprint density at radius 1 is 1.58 bits per heavy atom. The minimum atomic E-state index is -0.0388. The summed E-state index contributed by atoms with van der Waals surface area (Å²) in [5.41, 5.74) is 5.91. The van der Waals surface area contributed by atoms with Gasteiger partial charge in [-0.2, -0.15) is 0 Å². The molecule has 0 spiro atoms. The second-order valence-corrected chi connectivity index (χ2v) is 6.92. The molecule has 0 aliphatic heterocycles. The van der Waals surface area contributed by atoms with E-state index in [4.69, 9.17) is 10.5 Å². The molecule has 1 aromatic heterocycles. The van der Waals surface area contributed by atoms with Gasteiger partial charge in [-0.05, 0) is 41.6 Å². The van der Waals surface area contributed by atoms with Crippen molar-refractivity contribution >= 4 is 45.6 Å². The van der Waals surface area contributed by atoms with Crippen molar-refractivity contribution in [2.45, 2.75) is 37.8 Å². The van der Waals surface area contributed by atoms with Crippen LogP contribution in [0.5, 0.6) is 5.75 Å². The van der Waals surface area contributed by atoms with Gasteiger partial charge in [0.2, 0.25) is 0 Å². The molecule has 0 radical (unpaired) electrons. The Morgan fingerprint density at radius 2 is 2.32 bits per heavy atom. The standard InChI is InChI=1S/C12H17BrN2O2S.ClH/c1-17-9-6-10(18-11(9)13)12(16)15-8-4-2-3-7(14)5-8;/h6-8H,2-5,14H2,1H3,(H,15,16);1H. The lowest BCUT2D eigenvalue weighted by Gasteiger charge is -2.27. The predicted octanol–water partition coefficient (Wildman–Crippen LogP) is 2.94. The first kappa shape index (κ1) is 16.8. The highest BCUT2D eigenvalue weighted by Gasteiger charge is 2.22. The van der Waals surface area contributed by atoms with Gasteiger partial charge in [-0.3, -0.25) is 4.79 Å². The summed E-state index contributed by atoms with van der Waals surface area (Å²) < 4.78 is 5.99. The second kappa shape index (κ2) is 7.47. The van der Waals surface area contributed by atoms with Gasteiger partial charge in [0.05, 0.1) is 12.0 Å². The van der Waals surface area contributed by atoms with Gasteiger partial charge in [-0.25, -0.2) is 0 Å². The summed E-state index contributed by atoms with van der Waals surface area (Å²) in [6, 6.07) is 2.18. The summed E-state index contributed by atoms with van der Waals surface area (Å²) >= 11 is 4.76. The number of halogens is 2. The fourth-order valence-electron chi connectivity index (χ4n) is 2.22. The fraction of sp³-hybridized carbons (Fsp3) is 0.583. The number of ether oxygens (including phenoxy) is 1. The lowest BCUT2D eigenvalue weighted by atomic mass is 9.91. The van der Waals surface area contributed by atoms with E-state index in [9.17, 15) is 4.79 Å². The molecule has 1 aromatic rings. The molecule has 0 bridgehead atoms. The lowest BCUT2D eigenvalue weighted by Crippen LogP contribution is -2.42. The maximum Gasteiger partial charge on any atom is 0.261 e. The van der Waals surface area contributed by atoms with Crippen LogP contribution in [0.15, 0.2) is 9.85 Å². The van der Waals surface area contributed by atoms with Crippen molar-refractivity contribution in [1.82, 2.24) is 5.32 Å². The quantitative estimate of drug-likeness (QED) is 0.861. The number of hydrogen-bond donors (Lipinski definition) is 2. The number of rotatable bonds is 3. The van der Waals surface area contributed by atoms with Crippen molar-refractivity contribution in [3.05, 3.63) is 14.7 Å². The van der Waals surface area contributed by atoms with Crippen molar-refractivity contribution in [3.8, 4) is 5.75 Å². The van der Waals surface area contributed by atoms with Crippen LogP contribution >= 0.6 is 39.7 Å². The van der Waals surface area contributed by atoms with Gasteiger partial charge < -0.3 is 15.8 Å². The second-order valence-electron chi connectivity index (χ2n) is 4.55. The highest BCUT2D eigenvalue weighted by Crippen LogP contribution is 2.34. The maximum absolute atomic E-state index is 12.1. The number of carbonyl (C=O) groups is 1. The number of nitrogens with two attached hydrogens (primary N) is 1. The summed E-state index contributed by atoms with van der Waals surface area (Å²) in [6.07, 6.45) is 4.03. The van der Waals surface area contributed by atoms with Gasteiger partial charge in [0.15, 0.2) is 0 Å². The van der Waals surface area contributed by atoms with Gasteiger partial charge in [0.1, 0.15) is 9.54 Å². The Labute approximate surface area is 131 Å². The van der Waals surface area contributed by atoms with Crippen LogP contribution in [0.2, 0.25) is 0 Å². The third kappa shape index (κ3) is 4.34. The SMILES string of the molecule is COc1cc(C(=O)NC2CCCC(N)C2)sc1Br.Cl. The first-order valence-corrected chi connectivity index (χ1v) is 7.61. The number of amides is 1. The van der Waals surface area contributed by atoms with Crippen LogP contribution < -0.4 is 15.8 Å². The average Bonchev–Trinajstić information content (AvgIpc) is 2.70. The molecule has 1 saturated carbocycles. The molecule has 0 saturated heterocycles. The molecule has 0 aromatic carbocycles. The minimum Gasteiger partial charge on any atom is -0.495 e. The molecule has 108 valence electrons. The van der Waals surface area contributed by atoms with Gasteiger partial charge in [-0.1, -0.05) is 0 Å². The molecule has 2 unspecified atom stereocenters. The van der Waals surface area contributed by atoms with Crippen molar-refractivity contribution in [2.24, 2.45) is 5.73 Å². The van der Waals surface area contributed by atoms with E-state index in [1.165, 1.54) is 11.3 Å². The monoisotopic (exact) mass is 368 g/mol. The first-order chi connectivity index (χ1) is 8.60.